The van der Waals surface area contributed by atoms with Crippen molar-refractivity contribution in [2.45, 2.75) is 43.6 Å². The quantitative estimate of drug-likeness (QED) is 0.568. The second-order valence-electron chi connectivity index (χ2n) is 9.19. The molecule has 0 bridgehead atoms. The number of fused-ring (bicyclic) bond motifs is 1. The van der Waals surface area contributed by atoms with Crippen LogP contribution in [0.4, 0.5) is 8.78 Å². The van der Waals surface area contributed by atoms with Gasteiger partial charge in [0.25, 0.3) is 11.8 Å². The van der Waals surface area contributed by atoms with Gasteiger partial charge in [0, 0.05) is 43.1 Å². The summed E-state index contributed by atoms with van der Waals surface area (Å²) in [7, 11) is 0. The maximum atomic E-state index is 13.8. The lowest BCUT2D eigenvalue weighted by molar-refractivity contribution is -0.142. The summed E-state index contributed by atoms with van der Waals surface area (Å²) in [4.78, 5) is 30.0. The molecule has 0 unspecified atom stereocenters. The summed E-state index contributed by atoms with van der Waals surface area (Å²) in [5, 5.41) is 7.55. The standard InChI is InChI=1S/C25H22F2N4O4/c26-18-11-17(12-19(27)13-18)20-4-5-21-31(20)24(33)25(35-21)6-8-30(9-7-25)23(32)16-3-1-2-15(10-16)22-29-28-14-34-22/h1-3,10-14,20-21H,4-9H2/t20-,21+/m0/s1. The molecule has 10 heteroatoms. The molecule has 8 nitrogen and oxygen atoms in total. The molecule has 0 N–H and O–H groups in total. The van der Waals surface area contributed by atoms with Crippen LogP contribution in [-0.4, -0.2) is 56.7 Å². The molecule has 0 saturated carbocycles. The SMILES string of the molecule is O=C(c1cccc(-c2nnco2)c1)N1CCC2(CC1)O[C@@H]1CC[C@@H](c3cc(F)cc(F)c3)N1C2=O. The Hall–Kier alpha value is -3.66. The highest BCUT2D eigenvalue weighted by Crippen LogP contribution is 2.47. The summed E-state index contributed by atoms with van der Waals surface area (Å²) in [6.07, 6.45) is 2.70. The van der Waals surface area contributed by atoms with Crippen molar-refractivity contribution in [3.63, 3.8) is 0 Å². The van der Waals surface area contributed by atoms with Crippen LogP contribution in [-0.2, 0) is 9.53 Å². The third-order valence-electron chi connectivity index (χ3n) is 7.16. The van der Waals surface area contributed by atoms with Crippen molar-refractivity contribution >= 4 is 11.8 Å². The van der Waals surface area contributed by atoms with Crippen LogP contribution in [0.3, 0.4) is 0 Å². The van der Waals surface area contributed by atoms with E-state index in [1.54, 1.807) is 34.1 Å². The zero-order valence-electron chi connectivity index (χ0n) is 18.7. The number of halogens is 2. The molecule has 1 aromatic heterocycles. The van der Waals surface area contributed by atoms with Gasteiger partial charge in [-0.15, -0.1) is 10.2 Å². The summed E-state index contributed by atoms with van der Waals surface area (Å²) in [5.74, 6) is -1.32. The normalized spacial score (nSPS) is 23.2. The Labute approximate surface area is 199 Å². The highest BCUT2D eigenvalue weighted by atomic mass is 19.1. The predicted octanol–water partition coefficient (Wildman–Crippen LogP) is 3.71. The molecule has 3 aromatic rings. The van der Waals surface area contributed by atoms with Crippen LogP contribution in [0.25, 0.3) is 11.5 Å². The van der Waals surface area contributed by atoms with Crippen molar-refractivity contribution in [1.82, 2.24) is 20.0 Å². The number of nitrogens with zero attached hydrogens (tertiary/aromatic N) is 4. The molecule has 0 radical (unpaired) electrons. The molecule has 2 aromatic carbocycles. The largest absolute Gasteiger partial charge is 0.423 e. The van der Waals surface area contributed by atoms with E-state index in [9.17, 15) is 18.4 Å². The van der Waals surface area contributed by atoms with Gasteiger partial charge in [-0.05, 0) is 48.7 Å². The number of likely N-dealkylation sites (tertiary alicyclic amines) is 1. The van der Waals surface area contributed by atoms with Gasteiger partial charge in [-0.25, -0.2) is 8.78 Å². The Bertz CT molecular complexity index is 1270. The minimum absolute atomic E-state index is 0.153. The van der Waals surface area contributed by atoms with Gasteiger partial charge in [-0.2, -0.15) is 0 Å². The number of carbonyl (C=O) groups is 2. The molecule has 1 spiro atoms. The summed E-state index contributed by atoms with van der Waals surface area (Å²) < 4.78 is 39.1. The minimum Gasteiger partial charge on any atom is -0.423 e. The molecule has 3 saturated heterocycles. The number of amides is 2. The highest BCUT2D eigenvalue weighted by Gasteiger charge is 2.58. The maximum absolute atomic E-state index is 13.8. The van der Waals surface area contributed by atoms with E-state index in [-0.39, 0.29) is 11.8 Å². The van der Waals surface area contributed by atoms with Crippen LogP contribution in [0, 0.1) is 11.6 Å². The van der Waals surface area contributed by atoms with E-state index in [1.807, 2.05) is 0 Å². The van der Waals surface area contributed by atoms with Gasteiger partial charge in [0.15, 0.2) is 5.60 Å². The molecule has 6 rings (SSSR count). The first-order chi connectivity index (χ1) is 16.9. The first kappa shape index (κ1) is 21.8. The molecule has 180 valence electrons. The minimum atomic E-state index is -1.02. The molecule has 2 atom stereocenters. The fourth-order valence-electron chi connectivity index (χ4n) is 5.48. The Morgan fingerprint density at radius 3 is 2.54 bits per heavy atom. The number of carbonyl (C=O) groups excluding carboxylic acids is 2. The molecule has 2 amide bonds. The van der Waals surface area contributed by atoms with Gasteiger partial charge >= 0.3 is 0 Å². The van der Waals surface area contributed by atoms with Crippen LogP contribution < -0.4 is 0 Å². The Morgan fingerprint density at radius 2 is 1.83 bits per heavy atom. The number of benzene rings is 2. The van der Waals surface area contributed by atoms with Gasteiger partial charge in [-0.3, -0.25) is 9.59 Å². The third-order valence-corrected chi connectivity index (χ3v) is 7.16. The van der Waals surface area contributed by atoms with E-state index in [0.717, 1.165) is 6.07 Å². The van der Waals surface area contributed by atoms with E-state index in [1.165, 1.54) is 18.5 Å². The predicted molar refractivity (Wildman–Crippen MR) is 118 cm³/mol. The molecular formula is C25H22F2N4O4. The van der Waals surface area contributed by atoms with Crippen molar-refractivity contribution < 1.29 is 27.5 Å². The number of rotatable bonds is 3. The highest BCUT2D eigenvalue weighted by molar-refractivity contribution is 5.96. The smallest absolute Gasteiger partial charge is 0.257 e. The fraction of sp³-hybridized carbons (Fsp3) is 0.360. The summed E-state index contributed by atoms with van der Waals surface area (Å²) in [5.41, 5.74) is 0.561. The first-order valence-corrected chi connectivity index (χ1v) is 11.6. The van der Waals surface area contributed by atoms with Crippen molar-refractivity contribution in [3.05, 3.63) is 71.6 Å². The van der Waals surface area contributed by atoms with Crippen LogP contribution >= 0.6 is 0 Å². The van der Waals surface area contributed by atoms with E-state index >= 15 is 0 Å². The molecule has 35 heavy (non-hydrogen) atoms. The monoisotopic (exact) mass is 480 g/mol. The summed E-state index contributed by atoms with van der Waals surface area (Å²) >= 11 is 0. The van der Waals surface area contributed by atoms with Crippen LogP contribution in [0.1, 0.15) is 47.6 Å². The number of ether oxygens (including phenoxy) is 1. The number of hydrogen-bond donors (Lipinski definition) is 0. The van der Waals surface area contributed by atoms with E-state index in [4.69, 9.17) is 9.15 Å². The van der Waals surface area contributed by atoms with Gasteiger partial charge in [0.1, 0.15) is 17.9 Å². The number of hydrogen-bond acceptors (Lipinski definition) is 6. The topological polar surface area (TPSA) is 88.8 Å². The van der Waals surface area contributed by atoms with Gasteiger partial charge in [0.05, 0.1) is 6.04 Å². The summed E-state index contributed by atoms with van der Waals surface area (Å²) in [6, 6.07) is 9.92. The average molecular weight is 480 g/mol. The van der Waals surface area contributed by atoms with Gasteiger partial charge < -0.3 is 19.0 Å². The second-order valence-corrected chi connectivity index (χ2v) is 9.19. The van der Waals surface area contributed by atoms with Gasteiger partial charge in [-0.1, -0.05) is 6.07 Å². The lowest BCUT2D eigenvalue weighted by atomic mass is 9.89. The molecule has 3 fully saturated rings. The first-order valence-electron chi connectivity index (χ1n) is 11.6. The van der Waals surface area contributed by atoms with Crippen LogP contribution in [0.2, 0.25) is 0 Å². The molecule has 3 aliphatic rings. The van der Waals surface area contributed by atoms with Crippen molar-refractivity contribution in [2.75, 3.05) is 13.1 Å². The van der Waals surface area contributed by atoms with Crippen LogP contribution in [0.5, 0.6) is 0 Å². The van der Waals surface area contributed by atoms with Crippen molar-refractivity contribution in [2.24, 2.45) is 0 Å². The van der Waals surface area contributed by atoms with Crippen LogP contribution in [0.15, 0.2) is 53.3 Å². The third kappa shape index (κ3) is 3.68. The van der Waals surface area contributed by atoms with E-state index < -0.39 is 29.5 Å². The Kier molecular flexibility index (Phi) is 5.14. The second kappa shape index (κ2) is 8.23. The Balaban J connectivity index is 1.17. The molecule has 3 aliphatic heterocycles. The molecular weight excluding hydrogens is 458 g/mol. The zero-order chi connectivity index (χ0) is 24.2. The van der Waals surface area contributed by atoms with Crippen molar-refractivity contribution in [1.29, 1.82) is 0 Å². The van der Waals surface area contributed by atoms with Crippen molar-refractivity contribution in [3.8, 4) is 11.5 Å². The zero-order valence-corrected chi connectivity index (χ0v) is 18.7. The maximum Gasteiger partial charge on any atom is 0.257 e. The number of piperidine rings is 1. The molecule has 4 heterocycles. The lowest BCUT2D eigenvalue weighted by Gasteiger charge is -2.37. The number of aromatic nitrogens is 2. The van der Waals surface area contributed by atoms with E-state index in [0.29, 0.717) is 61.4 Å². The van der Waals surface area contributed by atoms with Gasteiger partial charge in [0.2, 0.25) is 12.3 Å². The Morgan fingerprint density at radius 1 is 1.06 bits per heavy atom. The van der Waals surface area contributed by atoms with E-state index in [2.05, 4.69) is 10.2 Å². The molecule has 0 aliphatic carbocycles. The summed E-state index contributed by atoms with van der Waals surface area (Å²) in [6.45, 7) is 0.713. The average Bonchev–Trinajstić information content (AvgIpc) is 3.58. The lowest BCUT2D eigenvalue weighted by Crippen LogP contribution is -2.51. The fourth-order valence-corrected chi connectivity index (χ4v) is 5.48.